The van der Waals surface area contributed by atoms with Crippen molar-refractivity contribution in [3.63, 3.8) is 0 Å². The second kappa shape index (κ2) is 11.5. The minimum atomic E-state index is -1.67. The number of carboxylic acids is 1. The van der Waals surface area contributed by atoms with E-state index in [1.807, 2.05) is 0 Å². The number of aromatic hydroxyl groups is 2. The van der Waals surface area contributed by atoms with Crippen LogP contribution in [0.15, 0.2) is 60.7 Å². The largest absolute Gasteiger partial charge is 0.508 e. The summed E-state index contributed by atoms with van der Waals surface area (Å²) < 4.78 is 0. The zero-order valence-corrected chi connectivity index (χ0v) is 21.5. The van der Waals surface area contributed by atoms with Crippen LogP contribution >= 0.6 is 23.2 Å². The molecular formula is C27H21Cl2N3O7. The molecule has 200 valence electrons. The van der Waals surface area contributed by atoms with Crippen molar-refractivity contribution in [3.8, 4) is 11.5 Å². The van der Waals surface area contributed by atoms with Crippen LogP contribution in [0, 0.1) is 0 Å². The third-order valence-corrected chi connectivity index (χ3v) is 6.44. The Kier molecular flexibility index (Phi) is 8.08. The standard InChI is InChI=1S/C27H21Cl2N3O7/c28-17-9-14(25(36)30-12-13-4-3-5-15(33)8-13)10-18(29)22(17)21(34)11-20(27(38)39)32-26(37)23-24(35)16-6-1-2-7-19(16)31-23/h1-10,20,31,33,35H,11-12H2,(H,30,36)(H,32,37)(H,38,39). The summed E-state index contributed by atoms with van der Waals surface area (Å²) in [5.41, 5.74) is 0.700. The number of aromatic nitrogens is 1. The van der Waals surface area contributed by atoms with Gasteiger partial charge in [-0.3, -0.25) is 14.4 Å². The molecule has 0 spiro atoms. The van der Waals surface area contributed by atoms with E-state index in [0.717, 1.165) is 0 Å². The molecule has 10 nitrogen and oxygen atoms in total. The topological polar surface area (TPSA) is 169 Å². The molecule has 2 amide bonds. The highest BCUT2D eigenvalue weighted by Gasteiger charge is 2.29. The average Bonchev–Trinajstić information content (AvgIpc) is 3.23. The number of ketones is 1. The Morgan fingerprint density at radius 1 is 0.897 bits per heavy atom. The zero-order valence-electron chi connectivity index (χ0n) is 20.0. The third kappa shape index (κ3) is 6.14. The molecule has 0 fully saturated rings. The van der Waals surface area contributed by atoms with Crippen molar-refractivity contribution in [3.05, 3.63) is 93.1 Å². The van der Waals surface area contributed by atoms with E-state index in [2.05, 4.69) is 15.6 Å². The van der Waals surface area contributed by atoms with E-state index in [9.17, 15) is 34.5 Å². The van der Waals surface area contributed by atoms with E-state index in [1.165, 1.54) is 24.3 Å². The highest BCUT2D eigenvalue weighted by molar-refractivity contribution is 6.40. The van der Waals surface area contributed by atoms with Gasteiger partial charge in [-0.25, -0.2) is 4.79 Å². The SMILES string of the molecule is O=C(NCc1cccc(O)c1)c1cc(Cl)c(C(=O)CC(NC(=O)c2[nH]c3ccccc3c2O)C(=O)O)c(Cl)c1. The lowest BCUT2D eigenvalue weighted by atomic mass is 10.0. The molecule has 0 bridgehead atoms. The van der Waals surface area contributed by atoms with E-state index < -0.39 is 36.0 Å². The summed E-state index contributed by atoms with van der Waals surface area (Å²) in [6, 6.07) is 13.6. The second-order valence-electron chi connectivity index (χ2n) is 8.55. The Labute approximate surface area is 231 Å². The molecule has 0 saturated carbocycles. The van der Waals surface area contributed by atoms with Gasteiger partial charge in [0.1, 0.15) is 17.5 Å². The number of carbonyl (C=O) groups excluding carboxylic acids is 3. The summed E-state index contributed by atoms with van der Waals surface area (Å²) in [7, 11) is 0. The number of phenols is 1. The highest BCUT2D eigenvalue weighted by Crippen LogP contribution is 2.30. The lowest BCUT2D eigenvalue weighted by molar-refractivity contribution is -0.139. The molecule has 4 aromatic rings. The fourth-order valence-electron chi connectivity index (χ4n) is 3.93. The van der Waals surface area contributed by atoms with Gasteiger partial charge in [-0.05, 0) is 42.0 Å². The van der Waals surface area contributed by atoms with Gasteiger partial charge in [-0.15, -0.1) is 0 Å². The first-order valence-corrected chi connectivity index (χ1v) is 12.2. The maximum Gasteiger partial charge on any atom is 0.326 e. The molecule has 1 aromatic heterocycles. The number of fused-ring (bicyclic) bond motifs is 1. The van der Waals surface area contributed by atoms with Crippen LogP contribution in [0.5, 0.6) is 11.5 Å². The van der Waals surface area contributed by atoms with Crippen LogP contribution in [0.4, 0.5) is 0 Å². The van der Waals surface area contributed by atoms with Crippen molar-refractivity contribution < 1.29 is 34.5 Å². The molecule has 0 aliphatic heterocycles. The number of rotatable bonds is 9. The molecule has 1 unspecified atom stereocenters. The molecule has 1 heterocycles. The van der Waals surface area contributed by atoms with Gasteiger partial charge in [0.15, 0.2) is 11.5 Å². The van der Waals surface area contributed by atoms with Gasteiger partial charge in [0, 0.05) is 29.4 Å². The first-order valence-electron chi connectivity index (χ1n) is 11.5. The van der Waals surface area contributed by atoms with Crippen LogP contribution in [0.25, 0.3) is 10.9 Å². The van der Waals surface area contributed by atoms with Crippen LogP contribution in [-0.2, 0) is 11.3 Å². The Balaban J connectivity index is 1.47. The maximum atomic E-state index is 13.0. The van der Waals surface area contributed by atoms with Crippen molar-refractivity contribution in [1.82, 2.24) is 15.6 Å². The van der Waals surface area contributed by atoms with Crippen molar-refractivity contribution in [1.29, 1.82) is 0 Å². The molecular weight excluding hydrogens is 549 g/mol. The number of benzene rings is 3. The number of H-pyrrole nitrogens is 1. The van der Waals surface area contributed by atoms with Gasteiger partial charge in [-0.2, -0.15) is 0 Å². The van der Waals surface area contributed by atoms with E-state index in [1.54, 1.807) is 36.4 Å². The monoisotopic (exact) mass is 569 g/mol. The molecule has 4 rings (SSSR count). The Morgan fingerprint density at radius 3 is 2.23 bits per heavy atom. The van der Waals surface area contributed by atoms with E-state index in [0.29, 0.717) is 16.5 Å². The quantitative estimate of drug-likeness (QED) is 0.163. The van der Waals surface area contributed by atoms with Crippen LogP contribution < -0.4 is 10.6 Å². The number of hydrogen-bond acceptors (Lipinski definition) is 6. The number of Topliss-reactive ketones (excluding diaryl/α,β-unsaturated/α-hetero) is 1. The summed E-state index contributed by atoms with van der Waals surface area (Å²) >= 11 is 12.5. The summed E-state index contributed by atoms with van der Waals surface area (Å²) in [6.45, 7) is 0.106. The van der Waals surface area contributed by atoms with Gasteiger partial charge < -0.3 is 30.9 Å². The number of hydrogen-bond donors (Lipinski definition) is 6. The number of carbonyl (C=O) groups is 4. The average molecular weight is 570 g/mol. The summed E-state index contributed by atoms with van der Waals surface area (Å²) in [5, 5.41) is 34.4. The normalized spacial score (nSPS) is 11.6. The zero-order chi connectivity index (χ0) is 28.3. The smallest absolute Gasteiger partial charge is 0.326 e. The van der Waals surface area contributed by atoms with Crippen molar-refractivity contribution in [2.75, 3.05) is 0 Å². The number of para-hydroxylation sites is 1. The Morgan fingerprint density at radius 2 is 1.59 bits per heavy atom. The van der Waals surface area contributed by atoms with Gasteiger partial charge >= 0.3 is 5.97 Å². The molecule has 39 heavy (non-hydrogen) atoms. The molecule has 1 atom stereocenters. The third-order valence-electron chi connectivity index (χ3n) is 5.85. The summed E-state index contributed by atoms with van der Waals surface area (Å²) in [4.78, 5) is 52.8. The minimum absolute atomic E-state index is 0.0460. The van der Waals surface area contributed by atoms with E-state index in [4.69, 9.17) is 23.2 Å². The van der Waals surface area contributed by atoms with Crippen LogP contribution in [0.2, 0.25) is 10.0 Å². The number of aliphatic carboxylic acids is 1. The number of amides is 2. The summed E-state index contributed by atoms with van der Waals surface area (Å²) in [6.07, 6.45) is -0.704. The lowest BCUT2D eigenvalue weighted by Crippen LogP contribution is -2.42. The van der Waals surface area contributed by atoms with Gasteiger partial charge in [0.05, 0.1) is 15.6 Å². The Hall–Kier alpha value is -4.54. The molecule has 0 aliphatic carbocycles. The first kappa shape index (κ1) is 27.5. The van der Waals surface area contributed by atoms with Crippen molar-refractivity contribution in [2.24, 2.45) is 0 Å². The van der Waals surface area contributed by atoms with E-state index in [-0.39, 0.29) is 44.9 Å². The van der Waals surface area contributed by atoms with Crippen LogP contribution in [0.3, 0.4) is 0 Å². The number of carboxylic acid groups (broad SMARTS) is 1. The number of halogens is 2. The number of aromatic amines is 1. The molecule has 6 N–H and O–H groups in total. The van der Waals surface area contributed by atoms with Gasteiger partial charge in [0.25, 0.3) is 11.8 Å². The first-order chi connectivity index (χ1) is 18.5. The molecule has 0 saturated heterocycles. The lowest BCUT2D eigenvalue weighted by Gasteiger charge is -2.15. The predicted molar refractivity (Wildman–Crippen MR) is 144 cm³/mol. The minimum Gasteiger partial charge on any atom is -0.508 e. The fraction of sp³-hybridized carbons (Fsp3) is 0.111. The Bertz CT molecular complexity index is 1590. The molecule has 0 radical (unpaired) electrons. The number of nitrogens with one attached hydrogen (secondary N) is 3. The van der Waals surface area contributed by atoms with Gasteiger partial charge in [0.2, 0.25) is 0 Å². The van der Waals surface area contributed by atoms with Crippen molar-refractivity contribution >= 4 is 57.7 Å². The predicted octanol–water partition coefficient (Wildman–Crippen LogP) is 4.27. The second-order valence-corrected chi connectivity index (χ2v) is 9.37. The van der Waals surface area contributed by atoms with Gasteiger partial charge in [-0.1, -0.05) is 47.5 Å². The highest BCUT2D eigenvalue weighted by atomic mass is 35.5. The molecule has 12 heteroatoms. The fourth-order valence-corrected chi connectivity index (χ4v) is 4.63. The molecule has 3 aromatic carbocycles. The number of phenolic OH excluding ortho intramolecular Hbond substituents is 1. The summed E-state index contributed by atoms with van der Waals surface area (Å²) in [5.74, 6) is -4.07. The van der Waals surface area contributed by atoms with Crippen molar-refractivity contribution in [2.45, 2.75) is 19.0 Å². The van der Waals surface area contributed by atoms with Crippen LogP contribution in [-0.4, -0.2) is 49.9 Å². The maximum absolute atomic E-state index is 13.0. The molecule has 0 aliphatic rings. The van der Waals surface area contributed by atoms with E-state index >= 15 is 0 Å². The van der Waals surface area contributed by atoms with Crippen LogP contribution in [0.1, 0.15) is 43.2 Å².